The summed E-state index contributed by atoms with van der Waals surface area (Å²) >= 11 is 0. The van der Waals surface area contributed by atoms with Crippen LogP contribution in [0.25, 0.3) is 0 Å². The van der Waals surface area contributed by atoms with Crippen LogP contribution in [0.1, 0.15) is 30.9 Å². The number of hydrogen-bond acceptors (Lipinski definition) is 4. The van der Waals surface area contributed by atoms with Gasteiger partial charge in [-0.1, -0.05) is 29.8 Å². The molecule has 24 heavy (non-hydrogen) atoms. The molecular formula is C18H28N2O3S. The van der Waals surface area contributed by atoms with E-state index < -0.39 is 10.0 Å². The number of sulfonamides is 1. The Morgan fingerprint density at radius 1 is 1.29 bits per heavy atom. The van der Waals surface area contributed by atoms with Crippen molar-refractivity contribution in [2.45, 2.75) is 38.8 Å². The van der Waals surface area contributed by atoms with Gasteiger partial charge in [0.2, 0.25) is 10.0 Å². The number of hydrogen-bond donors (Lipinski definition) is 1. The molecule has 0 bridgehead atoms. The van der Waals surface area contributed by atoms with Gasteiger partial charge in [0.25, 0.3) is 0 Å². The normalized spacial score (nSPS) is 23.5. The second-order valence-electron chi connectivity index (χ2n) is 7.12. The molecule has 2 heterocycles. The smallest absolute Gasteiger partial charge is 0.211 e. The van der Waals surface area contributed by atoms with E-state index >= 15 is 0 Å². The average molecular weight is 353 g/mol. The number of ether oxygens (including phenoxy) is 1. The second kappa shape index (κ2) is 7.12. The molecule has 0 aromatic heterocycles. The molecule has 0 unspecified atom stereocenters. The van der Waals surface area contributed by atoms with Crippen LogP contribution in [-0.4, -0.2) is 50.9 Å². The van der Waals surface area contributed by atoms with Gasteiger partial charge in [-0.15, -0.1) is 0 Å². The van der Waals surface area contributed by atoms with E-state index in [1.165, 1.54) is 11.1 Å². The van der Waals surface area contributed by atoms with E-state index in [4.69, 9.17) is 4.74 Å². The Hall–Kier alpha value is -0.950. The van der Waals surface area contributed by atoms with Crippen molar-refractivity contribution >= 4 is 10.0 Å². The fourth-order valence-electron chi connectivity index (χ4n) is 3.81. The lowest BCUT2D eigenvalue weighted by atomic mass is 9.79. The SMILES string of the molecule is CCS(=O)(=O)NCC[C@@H]1CCOC12CN(Cc1ccc(C)cc1)C2. The first-order valence-corrected chi connectivity index (χ1v) is 10.5. The largest absolute Gasteiger partial charge is 0.372 e. The molecule has 1 aromatic carbocycles. The summed E-state index contributed by atoms with van der Waals surface area (Å²) < 4.78 is 31.8. The van der Waals surface area contributed by atoms with Crippen LogP contribution in [-0.2, 0) is 21.3 Å². The monoisotopic (exact) mass is 352 g/mol. The van der Waals surface area contributed by atoms with Crippen molar-refractivity contribution in [2.24, 2.45) is 5.92 Å². The van der Waals surface area contributed by atoms with Crippen LogP contribution in [0.2, 0.25) is 0 Å². The molecule has 5 nitrogen and oxygen atoms in total. The summed E-state index contributed by atoms with van der Waals surface area (Å²) in [6, 6.07) is 8.68. The van der Waals surface area contributed by atoms with Gasteiger partial charge in [-0.05, 0) is 38.2 Å². The van der Waals surface area contributed by atoms with Crippen LogP contribution in [0, 0.1) is 12.8 Å². The molecule has 1 N–H and O–H groups in total. The van der Waals surface area contributed by atoms with Gasteiger partial charge in [0.05, 0.1) is 11.4 Å². The summed E-state index contributed by atoms with van der Waals surface area (Å²) in [5.74, 6) is 0.593. The molecule has 0 amide bonds. The van der Waals surface area contributed by atoms with Gasteiger partial charge in [0, 0.05) is 32.8 Å². The Morgan fingerprint density at radius 3 is 2.67 bits per heavy atom. The lowest BCUT2D eigenvalue weighted by Gasteiger charge is -2.50. The first kappa shape index (κ1) is 17.9. The van der Waals surface area contributed by atoms with Crippen LogP contribution >= 0.6 is 0 Å². The summed E-state index contributed by atoms with van der Waals surface area (Å²) in [5, 5.41) is 0. The molecule has 2 saturated heterocycles. The molecule has 2 aliphatic heterocycles. The third-order valence-electron chi connectivity index (χ3n) is 5.30. The molecule has 6 heteroatoms. The van der Waals surface area contributed by atoms with Crippen LogP contribution in [0.5, 0.6) is 0 Å². The van der Waals surface area contributed by atoms with E-state index in [0.717, 1.165) is 39.1 Å². The van der Waals surface area contributed by atoms with Crippen molar-refractivity contribution in [3.8, 4) is 0 Å². The standard InChI is InChI=1S/C18H28N2O3S/c1-3-24(21,22)19-10-8-17-9-11-23-18(17)13-20(14-18)12-16-6-4-15(2)5-7-16/h4-7,17,19H,3,8-14H2,1-2H3/t17-/m1/s1. The van der Waals surface area contributed by atoms with Gasteiger partial charge < -0.3 is 4.74 Å². The molecule has 1 aromatic rings. The first-order valence-electron chi connectivity index (χ1n) is 8.82. The van der Waals surface area contributed by atoms with Crippen LogP contribution in [0.15, 0.2) is 24.3 Å². The molecular weight excluding hydrogens is 324 g/mol. The fourth-order valence-corrected chi connectivity index (χ4v) is 4.44. The molecule has 2 fully saturated rings. The summed E-state index contributed by atoms with van der Waals surface area (Å²) in [5.41, 5.74) is 2.57. The Kier molecular flexibility index (Phi) is 5.30. The van der Waals surface area contributed by atoms with E-state index in [1.54, 1.807) is 6.92 Å². The minimum absolute atomic E-state index is 0.0532. The van der Waals surface area contributed by atoms with Gasteiger partial charge in [-0.2, -0.15) is 0 Å². The van der Waals surface area contributed by atoms with E-state index in [-0.39, 0.29) is 11.4 Å². The van der Waals surface area contributed by atoms with Gasteiger partial charge in [-0.25, -0.2) is 13.1 Å². The van der Waals surface area contributed by atoms with Crippen molar-refractivity contribution in [1.29, 1.82) is 0 Å². The zero-order chi connectivity index (χ0) is 17.2. The molecule has 0 saturated carbocycles. The Morgan fingerprint density at radius 2 is 2.00 bits per heavy atom. The van der Waals surface area contributed by atoms with E-state index in [1.807, 2.05) is 0 Å². The van der Waals surface area contributed by atoms with Crippen LogP contribution in [0.3, 0.4) is 0 Å². The zero-order valence-electron chi connectivity index (χ0n) is 14.6. The molecule has 134 valence electrons. The van der Waals surface area contributed by atoms with Crippen molar-refractivity contribution in [2.75, 3.05) is 32.0 Å². The van der Waals surface area contributed by atoms with Gasteiger partial charge >= 0.3 is 0 Å². The van der Waals surface area contributed by atoms with Gasteiger partial charge in [0.15, 0.2) is 0 Å². The summed E-state index contributed by atoms with van der Waals surface area (Å²) in [7, 11) is -3.09. The fraction of sp³-hybridized carbons (Fsp3) is 0.667. The van der Waals surface area contributed by atoms with E-state index in [9.17, 15) is 8.42 Å². The van der Waals surface area contributed by atoms with Crippen molar-refractivity contribution < 1.29 is 13.2 Å². The predicted octanol–water partition coefficient (Wildman–Crippen LogP) is 1.92. The highest BCUT2D eigenvalue weighted by Crippen LogP contribution is 2.42. The average Bonchev–Trinajstić information content (AvgIpc) is 2.93. The summed E-state index contributed by atoms with van der Waals surface area (Å²) in [6.07, 6.45) is 1.89. The maximum Gasteiger partial charge on any atom is 0.211 e. The molecule has 2 aliphatic rings. The quantitative estimate of drug-likeness (QED) is 0.814. The predicted molar refractivity (Wildman–Crippen MR) is 95.3 cm³/mol. The maximum absolute atomic E-state index is 11.5. The van der Waals surface area contributed by atoms with Crippen LogP contribution in [0.4, 0.5) is 0 Å². The third kappa shape index (κ3) is 3.99. The number of nitrogens with zero attached hydrogens (tertiary/aromatic N) is 1. The number of rotatable bonds is 7. The number of likely N-dealkylation sites (tertiary alicyclic amines) is 1. The topological polar surface area (TPSA) is 58.6 Å². The number of nitrogens with one attached hydrogen (secondary N) is 1. The van der Waals surface area contributed by atoms with Gasteiger partial charge in [0.1, 0.15) is 0 Å². The molecule has 3 rings (SSSR count). The van der Waals surface area contributed by atoms with Gasteiger partial charge in [-0.3, -0.25) is 4.90 Å². The Bertz CT molecular complexity index is 651. The number of aryl methyl sites for hydroxylation is 1. The number of benzene rings is 1. The van der Waals surface area contributed by atoms with Crippen molar-refractivity contribution in [3.05, 3.63) is 35.4 Å². The molecule has 1 atom stereocenters. The molecule has 1 spiro atoms. The highest BCUT2D eigenvalue weighted by atomic mass is 32.2. The third-order valence-corrected chi connectivity index (χ3v) is 6.71. The van der Waals surface area contributed by atoms with Crippen LogP contribution < -0.4 is 4.72 Å². The summed E-state index contributed by atoms with van der Waals surface area (Å²) in [4.78, 5) is 2.42. The highest BCUT2D eigenvalue weighted by molar-refractivity contribution is 7.89. The zero-order valence-corrected chi connectivity index (χ0v) is 15.4. The Labute approximate surface area is 145 Å². The molecule has 0 radical (unpaired) electrons. The maximum atomic E-state index is 11.5. The van der Waals surface area contributed by atoms with E-state index in [2.05, 4.69) is 40.8 Å². The lowest BCUT2D eigenvalue weighted by Crippen LogP contribution is -2.64. The first-order chi connectivity index (χ1) is 11.4. The molecule has 0 aliphatic carbocycles. The Balaban J connectivity index is 1.49. The second-order valence-corrected chi connectivity index (χ2v) is 9.21. The highest BCUT2D eigenvalue weighted by Gasteiger charge is 2.52. The van der Waals surface area contributed by atoms with Crippen molar-refractivity contribution in [1.82, 2.24) is 9.62 Å². The minimum Gasteiger partial charge on any atom is -0.372 e. The lowest BCUT2D eigenvalue weighted by molar-refractivity contribution is -0.136. The van der Waals surface area contributed by atoms with Crippen molar-refractivity contribution in [3.63, 3.8) is 0 Å². The minimum atomic E-state index is -3.09. The van der Waals surface area contributed by atoms with E-state index in [0.29, 0.717) is 12.5 Å². The summed E-state index contributed by atoms with van der Waals surface area (Å²) in [6.45, 7) is 7.94.